The van der Waals surface area contributed by atoms with Gasteiger partial charge < -0.3 is 14.4 Å². The zero-order valence-electron chi connectivity index (χ0n) is 21.3. The second-order valence-corrected chi connectivity index (χ2v) is 11.1. The average molecular weight is 557 g/mol. The Morgan fingerprint density at radius 3 is 2.06 bits per heavy atom. The summed E-state index contributed by atoms with van der Waals surface area (Å²) in [6, 6.07) is 9.59. The van der Waals surface area contributed by atoms with Crippen LogP contribution in [0.1, 0.15) is 24.2 Å². The monoisotopic (exact) mass is 556 g/mol. The molecule has 1 heterocycles. The molecular formula is C24H33ClN4O5S2. The quantitative estimate of drug-likeness (QED) is 0.353. The third-order valence-corrected chi connectivity index (χ3v) is 8.71. The summed E-state index contributed by atoms with van der Waals surface area (Å²) in [5.41, 5.74) is 1.00. The number of benzene rings is 2. The van der Waals surface area contributed by atoms with E-state index in [2.05, 4.69) is 18.7 Å². The van der Waals surface area contributed by atoms with Crippen LogP contribution in [0.25, 0.3) is 10.2 Å². The lowest BCUT2D eigenvalue weighted by atomic mass is 10.2. The number of ether oxygens (including phenoxy) is 2. The van der Waals surface area contributed by atoms with Crippen molar-refractivity contribution in [3.63, 3.8) is 0 Å². The number of carbonyl (C=O) groups is 1. The SMILES string of the molecule is CCN(CC)CCN(C(=O)c1ccc(S(=O)(=O)N(C)C)cc1)c1nc2c(OC)ccc(OC)c2s1.Cl. The normalized spacial score (nSPS) is 11.6. The topological polar surface area (TPSA) is 92.3 Å². The summed E-state index contributed by atoms with van der Waals surface area (Å²) in [5.74, 6) is 0.986. The Morgan fingerprint density at radius 2 is 1.53 bits per heavy atom. The molecule has 3 aromatic rings. The lowest BCUT2D eigenvalue weighted by molar-refractivity contribution is 0.0983. The molecule has 1 amide bonds. The van der Waals surface area contributed by atoms with Crippen molar-refractivity contribution in [1.29, 1.82) is 0 Å². The molecule has 0 N–H and O–H groups in total. The predicted octanol–water partition coefficient (Wildman–Crippen LogP) is 3.97. The van der Waals surface area contributed by atoms with Crippen LogP contribution in [-0.4, -0.2) is 83.0 Å². The molecule has 0 unspecified atom stereocenters. The highest BCUT2D eigenvalue weighted by Crippen LogP contribution is 2.40. The van der Waals surface area contributed by atoms with Gasteiger partial charge in [0.15, 0.2) is 5.13 Å². The molecule has 2 aromatic carbocycles. The Bertz CT molecular complexity index is 1230. The maximum Gasteiger partial charge on any atom is 0.260 e. The van der Waals surface area contributed by atoms with E-state index >= 15 is 0 Å². The Balaban J connectivity index is 0.00000456. The number of nitrogens with zero attached hydrogens (tertiary/aromatic N) is 4. The summed E-state index contributed by atoms with van der Waals surface area (Å²) in [6.45, 7) is 6.95. The molecular weight excluding hydrogens is 524 g/mol. The highest BCUT2D eigenvalue weighted by molar-refractivity contribution is 7.89. The van der Waals surface area contributed by atoms with Crippen LogP contribution in [0.15, 0.2) is 41.3 Å². The number of hydrogen-bond donors (Lipinski definition) is 0. The van der Waals surface area contributed by atoms with Gasteiger partial charge >= 0.3 is 0 Å². The van der Waals surface area contributed by atoms with Gasteiger partial charge in [-0.2, -0.15) is 0 Å². The third kappa shape index (κ3) is 6.09. The number of rotatable bonds is 11. The number of halogens is 1. The van der Waals surface area contributed by atoms with E-state index in [0.717, 1.165) is 22.1 Å². The highest BCUT2D eigenvalue weighted by Gasteiger charge is 2.25. The van der Waals surface area contributed by atoms with E-state index in [0.29, 0.717) is 40.8 Å². The van der Waals surface area contributed by atoms with Gasteiger partial charge in [-0.25, -0.2) is 17.7 Å². The van der Waals surface area contributed by atoms with E-state index < -0.39 is 10.0 Å². The Kier molecular flexibility index (Phi) is 10.5. The van der Waals surface area contributed by atoms with Crippen LogP contribution < -0.4 is 14.4 Å². The number of hydrogen-bond acceptors (Lipinski definition) is 8. The average Bonchev–Trinajstić information content (AvgIpc) is 3.31. The third-order valence-electron chi connectivity index (χ3n) is 5.79. The first-order valence-corrected chi connectivity index (χ1v) is 13.5. The molecule has 0 fully saturated rings. The number of amides is 1. The van der Waals surface area contributed by atoms with E-state index in [1.165, 1.54) is 49.7 Å². The number of anilines is 1. The zero-order chi connectivity index (χ0) is 25.8. The van der Waals surface area contributed by atoms with Crippen molar-refractivity contribution < 1.29 is 22.7 Å². The molecule has 198 valence electrons. The number of aromatic nitrogens is 1. The van der Waals surface area contributed by atoms with Gasteiger partial charge in [0.25, 0.3) is 5.91 Å². The smallest absolute Gasteiger partial charge is 0.260 e. The number of methoxy groups -OCH3 is 2. The largest absolute Gasteiger partial charge is 0.495 e. The molecule has 0 aliphatic carbocycles. The minimum Gasteiger partial charge on any atom is -0.495 e. The maximum absolute atomic E-state index is 13.7. The van der Waals surface area contributed by atoms with E-state index in [1.54, 1.807) is 25.2 Å². The minimum atomic E-state index is -3.59. The van der Waals surface area contributed by atoms with Gasteiger partial charge in [0.2, 0.25) is 10.0 Å². The molecule has 0 radical (unpaired) electrons. The molecule has 0 atom stereocenters. The zero-order valence-corrected chi connectivity index (χ0v) is 23.8. The molecule has 9 nitrogen and oxygen atoms in total. The van der Waals surface area contributed by atoms with Gasteiger partial charge in [-0.05, 0) is 49.5 Å². The fourth-order valence-electron chi connectivity index (χ4n) is 3.59. The van der Waals surface area contributed by atoms with Gasteiger partial charge in [0.1, 0.15) is 21.7 Å². The summed E-state index contributed by atoms with van der Waals surface area (Å²) >= 11 is 1.36. The Hall–Kier alpha value is -2.44. The van der Waals surface area contributed by atoms with Crippen molar-refractivity contribution in [2.45, 2.75) is 18.7 Å². The van der Waals surface area contributed by atoms with Gasteiger partial charge in [0.05, 0.1) is 19.1 Å². The first kappa shape index (κ1) is 29.8. The number of sulfonamides is 1. The van der Waals surface area contributed by atoms with Crippen LogP contribution in [0.5, 0.6) is 11.5 Å². The van der Waals surface area contributed by atoms with Crippen LogP contribution in [0.2, 0.25) is 0 Å². The number of carbonyl (C=O) groups excluding carboxylic acids is 1. The van der Waals surface area contributed by atoms with Gasteiger partial charge in [-0.15, -0.1) is 12.4 Å². The van der Waals surface area contributed by atoms with E-state index in [9.17, 15) is 13.2 Å². The highest BCUT2D eigenvalue weighted by atomic mass is 35.5. The number of likely N-dealkylation sites (N-methyl/N-ethyl adjacent to an activating group) is 1. The first-order chi connectivity index (χ1) is 16.7. The van der Waals surface area contributed by atoms with Gasteiger partial charge in [-0.1, -0.05) is 25.2 Å². The van der Waals surface area contributed by atoms with Crippen LogP contribution in [0.4, 0.5) is 5.13 Å². The fraction of sp³-hybridized carbons (Fsp3) is 0.417. The lowest BCUT2D eigenvalue weighted by Crippen LogP contribution is -2.38. The van der Waals surface area contributed by atoms with Crippen LogP contribution in [0, 0.1) is 0 Å². The van der Waals surface area contributed by atoms with Crippen molar-refractivity contribution >= 4 is 55.0 Å². The molecule has 0 saturated heterocycles. The second-order valence-electron chi connectivity index (χ2n) is 7.94. The van der Waals surface area contributed by atoms with Gasteiger partial charge in [-0.3, -0.25) is 9.69 Å². The first-order valence-electron chi connectivity index (χ1n) is 11.3. The minimum absolute atomic E-state index is 0. The van der Waals surface area contributed by atoms with Crippen LogP contribution >= 0.6 is 23.7 Å². The molecule has 12 heteroatoms. The van der Waals surface area contributed by atoms with E-state index in [1.807, 2.05) is 6.07 Å². The summed E-state index contributed by atoms with van der Waals surface area (Å²) in [5, 5.41) is 0.518. The fourth-order valence-corrected chi connectivity index (χ4v) is 5.59. The molecule has 0 aliphatic heterocycles. The van der Waals surface area contributed by atoms with Crippen molar-refractivity contribution in [1.82, 2.24) is 14.2 Å². The standard InChI is InChI=1S/C24H32N4O5S2.ClH/c1-7-27(8-2)15-16-28(23(29)17-9-11-18(12-10-17)35(30,31)26(3)4)24-25-21-19(32-5)13-14-20(33-6)22(21)34-24;/h9-14H,7-8,15-16H2,1-6H3;1H. The van der Waals surface area contributed by atoms with Crippen molar-refractivity contribution in [3.05, 3.63) is 42.0 Å². The molecule has 3 rings (SSSR count). The molecule has 0 aliphatic rings. The van der Waals surface area contributed by atoms with E-state index in [4.69, 9.17) is 14.5 Å². The summed E-state index contributed by atoms with van der Waals surface area (Å²) in [4.78, 5) is 22.4. The van der Waals surface area contributed by atoms with Crippen molar-refractivity contribution in [2.75, 3.05) is 59.4 Å². The predicted molar refractivity (Wildman–Crippen MR) is 147 cm³/mol. The summed E-state index contributed by atoms with van der Waals surface area (Å²) in [7, 11) is 2.52. The summed E-state index contributed by atoms with van der Waals surface area (Å²) in [6.07, 6.45) is 0. The summed E-state index contributed by atoms with van der Waals surface area (Å²) < 4.78 is 37.8. The molecule has 36 heavy (non-hydrogen) atoms. The Labute approximate surface area is 223 Å². The van der Waals surface area contributed by atoms with Gasteiger partial charge in [0, 0.05) is 32.7 Å². The molecule has 0 spiro atoms. The maximum atomic E-state index is 13.7. The number of thiazole rings is 1. The molecule has 0 bridgehead atoms. The second kappa shape index (κ2) is 12.7. The van der Waals surface area contributed by atoms with Crippen molar-refractivity contribution in [3.8, 4) is 11.5 Å². The molecule has 1 aromatic heterocycles. The van der Waals surface area contributed by atoms with Crippen molar-refractivity contribution in [2.24, 2.45) is 0 Å². The van der Waals surface area contributed by atoms with Crippen LogP contribution in [-0.2, 0) is 10.0 Å². The molecule has 0 saturated carbocycles. The van der Waals surface area contributed by atoms with E-state index in [-0.39, 0.29) is 23.2 Å². The number of fused-ring (bicyclic) bond motifs is 1. The lowest BCUT2D eigenvalue weighted by Gasteiger charge is -2.25. The van der Waals surface area contributed by atoms with Crippen LogP contribution in [0.3, 0.4) is 0 Å². The Morgan fingerprint density at radius 1 is 0.944 bits per heavy atom.